The van der Waals surface area contributed by atoms with E-state index < -0.39 is 6.10 Å². The number of rotatable bonds is 3. The number of nitrogens with zero attached hydrogens (tertiary/aromatic N) is 2. The Kier molecular flexibility index (Phi) is 4.55. The minimum Gasteiger partial charge on any atom is -0.496 e. The van der Waals surface area contributed by atoms with Crippen LogP contribution in [-0.2, 0) is 0 Å². The van der Waals surface area contributed by atoms with E-state index >= 15 is 0 Å². The second-order valence-corrected chi connectivity index (χ2v) is 5.84. The fourth-order valence-electron chi connectivity index (χ4n) is 3.01. The first-order valence-electron chi connectivity index (χ1n) is 7.27. The number of ether oxygens (including phenoxy) is 1. The molecule has 0 aliphatic carbocycles. The van der Waals surface area contributed by atoms with E-state index in [0.717, 1.165) is 30.1 Å². The van der Waals surface area contributed by atoms with Crippen molar-refractivity contribution in [3.63, 3.8) is 0 Å². The Bertz CT molecular complexity index is 450. The molecular formula is C16H26N2O2. The number of aliphatic hydroxyl groups is 1. The summed E-state index contributed by atoms with van der Waals surface area (Å²) in [6, 6.07) is 6.97. The van der Waals surface area contributed by atoms with Crippen molar-refractivity contribution in [2.75, 3.05) is 32.1 Å². The predicted molar refractivity (Wildman–Crippen MR) is 82.5 cm³/mol. The number of benzene rings is 1. The molecule has 1 fully saturated rings. The molecule has 2 rings (SSSR count). The summed E-state index contributed by atoms with van der Waals surface area (Å²) in [5, 5.41) is 10.1. The Morgan fingerprint density at radius 1 is 1.25 bits per heavy atom. The van der Waals surface area contributed by atoms with Gasteiger partial charge in [0.05, 0.1) is 13.2 Å². The zero-order chi connectivity index (χ0) is 14.9. The van der Waals surface area contributed by atoms with Gasteiger partial charge in [-0.1, -0.05) is 6.07 Å². The molecule has 1 aromatic carbocycles. The summed E-state index contributed by atoms with van der Waals surface area (Å²) in [7, 11) is 3.83. The molecule has 20 heavy (non-hydrogen) atoms. The summed E-state index contributed by atoms with van der Waals surface area (Å²) >= 11 is 0. The average Bonchev–Trinajstić information content (AvgIpc) is 2.43. The van der Waals surface area contributed by atoms with Gasteiger partial charge in [0.1, 0.15) is 5.75 Å². The van der Waals surface area contributed by atoms with Gasteiger partial charge in [-0.05, 0) is 40.0 Å². The molecule has 1 heterocycles. The lowest BCUT2D eigenvalue weighted by molar-refractivity contribution is 0.167. The van der Waals surface area contributed by atoms with Crippen molar-refractivity contribution >= 4 is 5.69 Å². The molecule has 0 aromatic heterocycles. The van der Waals surface area contributed by atoms with Gasteiger partial charge in [0.25, 0.3) is 0 Å². The fourth-order valence-corrected chi connectivity index (χ4v) is 3.01. The molecule has 0 radical (unpaired) electrons. The van der Waals surface area contributed by atoms with Gasteiger partial charge in [-0.15, -0.1) is 0 Å². The summed E-state index contributed by atoms with van der Waals surface area (Å²) < 4.78 is 5.42. The molecule has 0 spiro atoms. The Labute approximate surface area is 122 Å². The summed E-state index contributed by atoms with van der Waals surface area (Å²) in [6.45, 7) is 8.21. The molecule has 1 N–H and O–H groups in total. The zero-order valence-corrected chi connectivity index (χ0v) is 13.1. The minimum absolute atomic E-state index is 0.492. The van der Waals surface area contributed by atoms with Crippen LogP contribution >= 0.6 is 0 Å². The van der Waals surface area contributed by atoms with Crippen LogP contribution < -0.4 is 9.64 Å². The number of hydrogen-bond acceptors (Lipinski definition) is 4. The first-order valence-corrected chi connectivity index (χ1v) is 7.27. The van der Waals surface area contributed by atoms with E-state index in [4.69, 9.17) is 4.74 Å². The molecule has 0 saturated carbocycles. The third-order valence-electron chi connectivity index (χ3n) is 4.38. The monoisotopic (exact) mass is 278 g/mol. The second-order valence-electron chi connectivity index (χ2n) is 5.84. The average molecular weight is 278 g/mol. The normalized spacial score (nSPS) is 25.6. The van der Waals surface area contributed by atoms with Gasteiger partial charge in [0.15, 0.2) is 0 Å². The molecule has 1 aliphatic heterocycles. The van der Waals surface area contributed by atoms with Crippen LogP contribution in [0.1, 0.15) is 32.4 Å². The standard InChI is InChI=1S/C16H26N2O2/c1-11-9-18(10-12(2)17(11)4)14-7-6-8-15(20-5)16(14)13(3)19/h6-8,11-13,19H,9-10H2,1-5H3/t11?,12?,13-/m1/s1. The largest absolute Gasteiger partial charge is 0.496 e. The van der Waals surface area contributed by atoms with Crippen LogP contribution in [0.3, 0.4) is 0 Å². The Hall–Kier alpha value is -1.26. The van der Waals surface area contributed by atoms with Crippen molar-refractivity contribution in [1.29, 1.82) is 0 Å². The van der Waals surface area contributed by atoms with Crippen molar-refractivity contribution in [3.05, 3.63) is 23.8 Å². The summed E-state index contributed by atoms with van der Waals surface area (Å²) in [4.78, 5) is 4.76. The first kappa shape index (κ1) is 15.1. The highest BCUT2D eigenvalue weighted by molar-refractivity contribution is 5.61. The minimum atomic E-state index is -0.536. The van der Waals surface area contributed by atoms with Crippen LogP contribution in [0.2, 0.25) is 0 Å². The summed E-state index contributed by atoms with van der Waals surface area (Å²) in [5.41, 5.74) is 1.98. The fraction of sp³-hybridized carbons (Fsp3) is 0.625. The third kappa shape index (κ3) is 2.76. The molecule has 3 atom stereocenters. The number of hydrogen-bond donors (Lipinski definition) is 1. The maximum absolute atomic E-state index is 10.1. The van der Waals surface area contributed by atoms with Gasteiger partial charge in [-0.3, -0.25) is 4.90 Å². The Morgan fingerprint density at radius 3 is 2.35 bits per heavy atom. The van der Waals surface area contributed by atoms with Gasteiger partial charge in [0.2, 0.25) is 0 Å². The van der Waals surface area contributed by atoms with Crippen LogP contribution in [0, 0.1) is 0 Å². The van der Waals surface area contributed by atoms with Crippen molar-refractivity contribution in [3.8, 4) is 5.75 Å². The molecule has 0 bridgehead atoms. The number of piperazine rings is 1. The van der Waals surface area contributed by atoms with E-state index in [1.807, 2.05) is 12.1 Å². The van der Waals surface area contributed by atoms with Gasteiger partial charge in [-0.25, -0.2) is 0 Å². The topological polar surface area (TPSA) is 35.9 Å². The lowest BCUT2D eigenvalue weighted by Crippen LogP contribution is -2.55. The lowest BCUT2D eigenvalue weighted by Gasteiger charge is -2.44. The van der Waals surface area contributed by atoms with Gasteiger partial charge in [-0.2, -0.15) is 0 Å². The van der Waals surface area contributed by atoms with Crippen molar-refractivity contribution in [2.24, 2.45) is 0 Å². The van der Waals surface area contributed by atoms with Gasteiger partial charge >= 0.3 is 0 Å². The maximum atomic E-state index is 10.1. The number of likely N-dealkylation sites (N-methyl/N-ethyl adjacent to an activating group) is 1. The van der Waals surface area contributed by atoms with Crippen molar-refractivity contribution in [1.82, 2.24) is 4.90 Å². The molecule has 1 aromatic rings. The van der Waals surface area contributed by atoms with Crippen molar-refractivity contribution < 1.29 is 9.84 Å². The van der Waals surface area contributed by atoms with E-state index in [-0.39, 0.29) is 0 Å². The lowest BCUT2D eigenvalue weighted by atomic mass is 10.0. The van der Waals surface area contributed by atoms with E-state index in [9.17, 15) is 5.11 Å². The SMILES string of the molecule is COc1cccc(N2CC(C)N(C)C(C)C2)c1[C@@H](C)O. The summed E-state index contributed by atoms with van der Waals surface area (Å²) in [5.74, 6) is 0.761. The predicted octanol–water partition coefficient (Wildman–Crippen LogP) is 2.28. The maximum Gasteiger partial charge on any atom is 0.126 e. The number of aliphatic hydroxyl groups excluding tert-OH is 1. The van der Waals surface area contributed by atoms with Gasteiger partial charge in [0, 0.05) is 36.4 Å². The highest BCUT2D eigenvalue weighted by Crippen LogP contribution is 2.35. The van der Waals surface area contributed by atoms with Crippen molar-refractivity contribution in [2.45, 2.75) is 39.0 Å². The molecule has 4 heteroatoms. The second kappa shape index (κ2) is 6.02. The number of anilines is 1. The Morgan fingerprint density at radius 2 is 1.85 bits per heavy atom. The van der Waals surface area contributed by atoms with Crippen LogP contribution in [0.5, 0.6) is 5.75 Å². The van der Waals surface area contributed by atoms with Crippen LogP contribution in [-0.4, -0.2) is 49.3 Å². The molecule has 1 saturated heterocycles. The highest BCUT2D eigenvalue weighted by Gasteiger charge is 2.29. The summed E-state index contributed by atoms with van der Waals surface area (Å²) in [6.07, 6.45) is -0.536. The molecule has 112 valence electrons. The van der Waals surface area contributed by atoms with E-state index in [0.29, 0.717) is 12.1 Å². The highest BCUT2D eigenvalue weighted by atomic mass is 16.5. The van der Waals surface area contributed by atoms with E-state index in [2.05, 4.69) is 36.8 Å². The zero-order valence-electron chi connectivity index (χ0n) is 13.1. The third-order valence-corrected chi connectivity index (χ3v) is 4.38. The van der Waals surface area contributed by atoms with Gasteiger partial charge < -0.3 is 14.7 Å². The smallest absolute Gasteiger partial charge is 0.126 e. The quantitative estimate of drug-likeness (QED) is 0.920. The first-order chi connectivity index (χ1) is 9.45. The molecule has 0 amide bonds. The van der Waals surface area contributed by atoms with Crippen LogP contribution in [0.4, 0.5) is 5.69 Å². The Balaban J connectivity index is 2.37. The molecule has 2 unspecified atom stereocenters. The van der Waals surface area contributed by atoms with Crippen LogP contribution in [0.15, 0.2) is 18.2 Å². The van der Waals surface area contributed by atoms with E-state index in [1.165, 1.54) is 0 Å². The van der Waals surface area contributed by atoms with E-state index in [1.54, 1.807) is 14.0 Å². The molecule has 4 nitrogen and oxygen atoms in total. The van der Waals surface area contributed by atoms with Crippen LogP contribution in [0.25, 0.3) is 0 Å². The number of methoxy groups -OCH3 is 1. The molecular weight excluding hydrogens is 252 g/mol. The molecule has 1 aliphatic rings.